The van der Waals surface area contributed by atoms with Crippen molar-refractivity contribution in [2.24, 2.45) is 0 Å². The van der Waals surface area contributed by atoms with E-state index in [-0.39, 0.29) is 24.9 Å². The van der Waals surface area contributed by atoms with Gasteiger partial charge in [-0.1, -0.05) is 42.5 Å². The number of hydrogen-bond donors (Lipinski definition) is 0. The van der Waals surface area contributed by atoms with E-state index in [4.69, 9.17) is 0 Å². The lowest BCUT2D eigenvalue weighted by Crippen LogP contribution is -2.59. The predicted molar refractivity (Wildman–Crippen MR) is 102 cm³/mol. The van der Waals surface area contributed by atoms with Crippen molar-refractivity contribution in [3.63, 3.8) is 0 Å². The van der Waals surface area contributed by atoms with Crippen LogP contribution in [0.3, 0.4) is 0 Å². The lowest BCUT2D eigenvalue weighted by Gasteiger charge is -2.40. The summed E-state index contributed by atoms with van der Waals surface area (Å²) in [7, 11) is -3.96. The van der Waals surface area contributed by atoms with Gasteiger partial charge in [0.25, 0.3) is 9.84 Å². The minimum Gasteiger partial charge on any atom is -0.323 e. The number of alkyl halides is 3. The molecule has 0 saturated carbocycles. The molecule has 0 bridgehead atoms. The van der Waals surface area contributed by atoms with Crippen LogP contribution in [0, 0.1) is 0 Å². The molecule has 30 heavy (non-hydrogen) atoms. The fourth-order valence-corrected chi connectivity index (χ4v) is 3.99. The predicted octanol–water partition coefficient (Wildman–Crippen LogP) is 3.38. The molecule has 3 amide bonds. The zero-order valence-corrected chi connectivity index (χ0v) is 16.8. The maximum atomic E-state index is 12.7. The first-order valence-electron chi connectivity index (χ1n) is 9.02. The van der Waals surface area contributed by atoms with Crippen LogP contribution in [0.5, 0.6) is 0 Å². The van der Waals surface area contributed by atoms with Crippen molar-refractivity contribution in [3.8, 4) is 0 Å². The van der Waals surface area contributed by atoms with E-state index in [1.165, 1.54) is 29.0 Å². The Kier molecular flexibility index (Phi) is 5.89. The van der Waals surface area contributed by atoms with Crippen molar-refractivity contribution in [1.29, 1.82) is 0 Å². The number of halogens is 3. The summed E-state index contributed by atoms with van der Waals surface area (Å²) in [5.74, 6) is -0.292. The Balaban J connectivity index is 1.66. The van der Waals surface area contributed by atoms with Crippen LogP contribution in [-0.4, -0.2) is 48.8 Å². The number of nitrogens with zero attached hydrogens (tertiary/aromatic N) is 2. The number of sulfone groups is 1. The second kappa shape index (κ2) is 8.10. The van der Waals surface area contributed by atoms with Crippen LogP contribution >= 0.6 is 0 Å². The first-order valence-corrected chi connectivity index (χ1v) is 10.5. The summed E-state index contributed by atoms with van der Waals surface area (Å²) in [6, 6.07) is 12.8. The minimum atomic E-state index is -5.42. The first-order chi connectivity index (χ1) is 14.0. The molecule has 0 unspecified atom stereocenters. The summed E-state index contributed by atoms with van der Waals surface area (Å²) in [6.07, 6.45) is 0.800. The van der Waals surface area contributed by atoms with Gasteiger partial charge in [0.15, 0.2) is 0 Å². The highest BCUT2D eigenvalue weighted by Gasteiger charge is 2.46. The van der Waals surface area contributed by atoms with Crippen molar-refractivity contribution in [3.05, 3.63) is 65.7 Å². The van der Waals surface area contributed by atoms with E-state index in [1.54, 1.807) is 0 Å². The van der Waals surface area contributed by atoms with E-state index in [1.807, 2.05) is 30.3 Å². The van der Waals surface area contributed by atoms with E-state index in [0.29, 0.717) is 12.0 Å². The van der Waals surface area contributed by atoms with Gasteiger partial charge in [0.05, 0.1) is 10.9 Å². The molecule has 0 aromatic heterocycles. The zero-order valence-electron chi connectivity index (χ0n) is 16.0. The van der Waals surface area contributed by atoms with Crippen LogP contribution in [0.4, 0.5) is 18.0 Å². The van der Waals surface area contributed by atoms with E-state index in [9.17, 15) is 31.2 Å². The van der Waals surface area contributed by atoms with Gasteiger partial charge in [0, 0.05) is 20.0 Å². The molecule has 3 rings (SSSR count). The molecule has 1 fully saturated rings. The largest absolute Gasteiger partial charge is 0.501 e. The summed E-state index contributed by atoms with van der Waals surface area (Å²) >= 11 is 0. The van der Waals surface area contributed by atoms with E-state index >= 15 is 0 Å². The van der Waals surface area contributed by atoms with Gasteiger partial charge in [0.1, 0.15) is 0 Å². The number of likely N-dealkylation sites (tertiary alicyclic amines) is 1. The van der Waals surface area contributed by atoms with Crippen molar-refractivity contribution < 1.29 is 31.2 Å². The van der Waals surface area contributed by atoms with Crippen LogP contribution in [-0.2, 0) is 27.6 Å². The molecular weight excluding hydrogens is 421 g/mol. The molecule has 0 spiro atoms. The number of amides is 3. The third-order valence-electron chi connectivity index (χ3n) is 4.85. The Hall–Kier alpha value is -2.88. The smallest absolute Gasteiger partial charge is 0.323 e. The fraction of sp³-hybridized carbons (Fsp3) is 0.300. The monoisotopic (exact) mass is 440 g/mol. The number of imide groups is 1. The van der Waals surface area contributed by atoms with Gasteiger partial charge in [-0.25, -0.2) is 13.2 Å². The zero-order chi connectivity index (χ0) is 22.1. The second-order valence-corrected chi connectivity index (χ2v) is 8.98. The molecule has 6 nitrogen and oxygen atoms in total. The van der Waals surface area contributed by atoms with Gasteiger partial charge in [-0.2, -0.15) is 13.2 Å². The number of β-lactam (4-membered cyclic amide) rings is 1. The summed E-state index contributed by atoms with van der Waals surface area (Å²) in [5, 5.41) is 0. The Morgan fingerprint density at radius 2 is 1.67 bits per heavy atom. The number of benzene rings is 2. The van der Waals surface area contributed by atoms with E-state index in [2.05, 4.69) is 0 Å². The quantitative estimate of drug-likeness (QED) is 0.669. The van der Waals surface area contributed by atoms with Crippen molar-refractivity contribution in [2.75, 3.05) is 7.05 Å². The van der Waals surface area contributed by atoms with Gasteiger partial charge < -0.3 is 4.90 Å². The highest BCUT2D eigenvalue weighted by Crippen LogP contribution is 2.30. The Labute approximate surface area is 171 Å². The third-order valence-corrected chi connectivity index (χ3v) is 6.35. The summed E-state index contributed by atoms with van der Waals surface area (Å²) in [6.45, 7) is 0.00696. The van der Waals surface area contributed by atoms with E-state index < -0.39 is 26.3 Å². The maximum absolute atomic E-state index is 12.7. The average Bonchev–Trinajstić information content (AvgIpc) is 2.67. The highest BCUT2D eigenvalue weighted by molar-refractivity contribution is 7.92. The van der Waals surface area contributed by atoms with E-state index in [0.717, 1.165) is 17.7 Å². The standard InChI is InChI=1S/C20H19F3N2O4S/c1-24(13-15-7-9-17(10-8-15)30(28,29)20(21,22)23)19(27)25-16(12-18(25)26)11-14-5-3-2-4-6-14/h2-10,16H,11-13H2,1H3/t16-/m0/s1. The van der Waals surface area contributed by atoms with Crippen molar-refractivity contribution >= 4 is 21.8 Å². The van der Waals surface area contributed by atoms with Crippen LogP contribution in [0.2, 0.25) is 0 Å². The van der Waals surface area contributed by atoms with Gasteiger partial charge in [0.2, 0.25) is 5.91 Å². The molecule has 1 atom stereocenters. The Bertz CT molecular complexity index is 1040. The fourth-order valence-electron chi connectivity index (χ4n) is 3.23. The molecule has 1 heterocycles. The van der Waals surface area contributed by atoms with Crippen molar-refractivity contribution in [2.45, 2.75) is 35.8 Å². The normalized spacial score (nSPS) is 16.9. The molecular formula is C20H19F3N2O4S. The molecule has 1 saturated heterocycles. The minimum absolute atomic E-state index is 0.00696. The first kappa shape index (κ1) is 21.8. The van der Waals surface area contributed by atoms with Crippen molar-refractivity contribution in [1.82, 2.24) is 9.80 Å². The topological polar surface area (TPSA) is 74.8 Å². The third kappa shape index (κ3) is 4.33. The molecule has 0 aliphatic carbocycles. The number of hydrogen-bond acceptors (Lipinski definition) is 4. The van der Waals surface area contributed by atoms with Crippen LogP contribution < -0.4 is 0 Å². The molecule has 1 aliphatic heterocycles. The molecule has 2 aromatic carbocycles. The Morgan fingerprint density at radius 1 is 1.07 bits per heavy atom. The number of rotatable bonds is 5. The summed E-state index contributed by atoms with van der Waals surface area (Å²) in [4.78, 5) is 26.2. The van der Waals surface area contributed by atoms with Crippen LogP contribution in [0.15, 0.2) is 59.5 Å². The molecule has 1 aliphatic rings. The number of carbonyl (C=O) groups is 2. The van der Waals surface area contributed by atoms with Crippen LogP contribution in [0.25, 0.3) is 0 Å². The molecule has 2 aromatic rings. The van der Waals surface area contributed by atoms with Gasteiger partial charge in [-0.05, 0) is 29.7 Å². The number of carbonyl (C=O) groups excluding carboxylic acids is 2. The van der Waals surface area contributed by atoms with Gasteiger partial charge in [-0.3, -0.25) is 9.69 Å². The SMILES string of the molecule is CN(Cc1ccc(S(=O)(=O)C(F)(F)F)cc1)C(=O)N1C(=O)C[C@@H]1Cc1ccccc1. The molecule has 160 valence electrons. The maximum Gasteiger partial charge on any atom is 0.501 e. The highest BCUT2D eigenvalue weighted by atomic mass is 32.2. The van der Waals surface area contributed by atoms with Gasteiger partial charge >= 0.3 is 11.5 Å². The lowest BCUT2D eigenvalue weighted by molar-refractivity contribution is -0.141. The average molecular weight is 440 g/mol. The van der Waals surface area contributed by atoms with Crippen LogP contribution in [0.1, 0.15) is 17.5 Å². The molecule has 0 radical (unpaired) electrons. The Morgan fingerprint density at radius 3 is 2.20 bits per heavy atom. The lowest BCUT2D eigenvalue weighted by atomic mass is 9.95. The van der Waals surface area contributed by atoms with Gasteiger partial charge in [-0.15, -0.1) is 0 Å². The summed E-state index contributed by atoms with van der Waals surface area (Å²) in [5.41, 5.74) is -3.95. The molecule has 10 heteroatoms. The number of urea groups is 1. The molecule has 0 N–H and O–H groups in total. The summed E-state index contributed by atoms with van der Waals surface area (Å²) < 4.78 is 60.7. The second-order valence-electron chi connectivity index (χ2n) is 7.04.